The van der Waals surface area contributed by atoms with Crippen LogP contribution in [0.4, 0.5) is 10.5 Å². The molecule has 0 spiro atoms. The van der Waals surface area contributed by atoms with Crippen LogP contribution in [-0.4, -0.2) is 21.2 Å². The number of nitro benzene ring substituents is 1. The highest BCUT2D eigenvalue weighted by atomic mass is 16.6. The molecule has 128 valence electrons. The van der Waals surface area contributed by atoms with E-state index >= 15 is 0 Å². The van der Waals surface area contributed by atoms with Crippen molar-refractivity contribution in [1.29, 1.82) is 0 Å². The molecule has 6 nitrogen and oxygen atoms in total. The molecule has 0 radical (unpaired) electrons. The number of hydrogen-bond acceptors (Lipinski definition) is 4. The van der Waals surface area contributed by atoms with Gasteiger partial charge in [0.05, 0.1) is 10.6 Å². The molecule has 2 rings (SSSR count). The summed E-state index contributed by atoms with van der Waals surface area (Å²) in [6.07, 6.45) is -0.454. The van der Waals surface area contributed by atoms with Gasteiger partial charge in [0.25, 0.3) is 5.69 Å². The first-order valence-corrected chi connectivity index (χ1v) is 7.80. The van der Waals surface area contributed by atoms with E-state index in [1.54, 1.807) is 12.1 Å². The highest BCUT2D eigenvalue weighted by Crippen LogP contribution is 2.29. The van der Waals surface area contributed by atoms with Gasteiger partial charge in [-0.05, 0) is 56.5 Å². The fraction of sp³-hybridized carbons (Fsp3) is 0.389. The minimum Gasteiger partial charge on any atom is -0.443 e. The fourth-order valence-electron chi connectivity index (χ4n) is 2.39. The van der Waals surface area contributed by atoms with Gasteiger partial charge in [-0.1, -0.05) is 13.8 Å². The Kier molecular flexibility index (Phi) is 4.78. The van der Waals surface area contributed by atoms with Crippen LogP contribution in [0.15, 0.2) is 36.4 Å². The van der Waals surface area contributed by atoms with E-state index in [-0.39, 0.29) is 11.6 Å². The maximum atomic E-state index is 12.6. The summed E-state index contributed by atoms with van der Waals surface area (Å²) in [5, 5.41) is 10.8. The molecular weight excluding hydrogens is 308 g/mol. The first-order chi connectivity index (χ1) is 11.1. The highest BCUT2D eigenvalue weighted by Gasteiger charge is 2.24. The maximum absolute atomic E-state index is 12.6. The van der Waals surface area contributed by atoms with Gasteiger partial charge in [-0.15, -0.1) is 0 Å². The number of rotatable bonds is 3. The van der Waals surface area contributed by atoms with Crippen LogP contribution in [0.1, 0.15) is 46.2 Å². The van der Waals surface area contributed by atoms with Crippen molar-refractivity contribution in [2.75, 3.05) is 0 Å². The molecular formula is C18H22N2O4. The number of nitrogens with zero attached hydrogens (tertiary/aromatic N) is 2. The van der Waals surface area contributed by atoms with Crippen molar-refractivity contribution in [3.63, 3.8) is 0 Å². The molecule has 0 atom stereocenters. The molecule has 0 aliphatic carbocycles. The van der Waals surface area contributed by atoms with Crippen LogP contribution in [0, 0.1) is 10.1 Å². The normalized spacial score (nSPS) is 11.6. The summed E-state index contributed by atoms with van der Waals surface area (Å²) in [6, 6.07) is 9.84. The first kappa shape index (κ1) is 17.7. The summed E-state index contributed by atoms with van der Waals surface area (Å²) in [5.74, 6) is 0.129. The lowest BCUT2D eigenvalue weighted by Crippen LogP contribution is -2.28. The predicted molar refractivity (Wildman–Crippen MR) is 92.2 cm³/mol. The van der Waals surface area contributed by atoms with Crippen LogP contribution in [0.2, 0.25) is 0 Å². The summed E-state index contributed by atoms with van der Waals surface area (Å²) in [4.78, 5) is 23.0. The summed E-state index contributed by atoms with van der Waals surface area (Å²) >= 11 is 0. The quantitative estimate of drug-likeness (QED) is 0.588. The lowest BCUT2D eigenvalue weighted by Gasteiger charge is -2.22. The van der Waals surface area contributed by atoms with Crippen molar-refractivity contribution in [3.8, 4) is 11.3 Å². The monoisotopic (exact) mass is 330 g/mol. The van der Waals surface area contributed by atoms with Crippen molar-refractivity contribution in [2.24, 2.45) is 0 Å². The first-order valence-electron chi connectivity index (χ1n) is 7.80. The van der Waals surface area contributed by atoms with E-state index in [4.69, 9.17) is 4.74 Å². The number of carbonyl (C=O) groups is 1. The van der Waals surface area contributed by atoms with E-state index in [0.717, 1.165) is 11.3 Å². The van der Waals surface area contributed by atoms with Gasteiger partial charge in [0.1, 0.15) is 5.60 Å². The molecule has 0 saturated carbocycles. The molecule has 0 N–H and O–H groups in total. The number of non-ortho nitro benzene ring substituents is 1. The summed E-state index contributed by atoms with van der Waals surface area (Å²) in [6.45, 7) is 9.44. The summed E-state index contributed by atoms with van der Waals surface area (Å²) < 4.78 is 7.05. The number of hydrogen-bond donors (Lipinski definition) is 0. The van der Waals surface area contributed by atoms with Crippen LogP contribution in [-0.2, 0) is 4.74 Å². The Morgan fingerprint density at radius 1 is 1.12 bits per heavy atom. The van der Waals surface area contributed by atoms with Crippen molar-refractivity contribution >= 4 is 11.8 Å². The van der Waals surface area contributed by atoms with Crippen LogP contribution in [0.5, 0.6) is 0 Å². The molecule has 0 bridgehead atoms. The number of aromatic nitrogens is 1. The smallest absolute Gasteiger partial charge is 0.419 e. The maximum Gasteiger partial charge on any atom is 0.419 e. The predicted octanol–water partition coefficient (Wildman–Crippen LogP) is 4.97. The molecule has 2 aromatic rings. The Balaban J connectivity index is 2.50. The zero-order valence-electron chi connectivity index (χ0n) is 14.6. The van der Waals surface area contributed by atoms with Gasteiger partial charge in [0.15, 0.2) is 0 Å². The van der Waals surface area contributed by atoms with Crippen LogP contribution in [0.25, 0.3) is 11.3 Å². The van der Waals surface area contributed by atoms with Gasteiger partial charge in [0, 0.05) is 17.8 Å². The third-order valence-corrected chi connectivity index (χ3v) is 3.45. The third-order valence-electron chi connectivity index (χ3n) is 3.45. The second-order valence-corrected chi connectivity index (χ2v) is 6.92. The minimum atomic E-state index is -0.609. The van der Waals surface area contributed by atoms with Crippen LogP contribution in [0.3, 0.4) is 0 Å². The molecule has 24 heavy (non-hydrogen) atoms. The SMILES string of the molecule is CC(C)c1ccc(-c2ccc([N+](=O)[O-])cc2)n1C(=O)OC(C)(C)C. The van der Waals surface area contributed by atoms with Gasteiger partial charge in [-0.25, -0.2) is 9.36 Å². The van der Waals surface area contributed by atoms with Crippen LogP contribution >= 0.6 is 0 Å². The molecule has 6 heteroatoms. The lowest BCUT2D eigenvalue weighted by atomic mass is 10.1. The summed E-state index contributed by atoms with van der Waals surface area (Å²) in [7, 11) is 0. The summed E-state index contributed by atoms with van der Waals surface area (Å²) in [5.41, 5.74) is 1.61. The van der Waals surface area contributed by atoms with Crippen LogP contribution < -0.4 is 0 Å². The topological polar surface area (TPSA) is 74.4 Å². The number of benzene rings is 1. The average molecular weight is 330 g/mol. The fourth-order valence-corrected chi connectivity index (χ4v) is 2.39. The van der Waals surface area contributed by atoms with Gasteiger partial charge < -0.3 is 4.74 Å². The Morgan fingerprint density at radius 3 is 2.17 bits per heavy atom. The van der Waals surface area contributed by atoms with Gasteiger partial charge in [-0.3, -0.25) is 10.1 Å². The molecule has 0 fully saturated rings. The van der Waals surface area contributed by atoms with Gasteiger partial charge >= 0.3 is 6.09 Å². The van der Waals surface area contributed by atoms with E-state index in [0.29, 0.717) is 5.69 Å². The molecule has 0 aliphatic rings. The number of carbonyl (C=O) groups excluding carboxylic acids is 1. The van der Waals surface area contributed by atoms with Crippen molar-refractivity contribution in [3.05, 3.63) is 52.2 Å². The minimum absolute atomic E-state index is 0.0122. The van der Waals surface area contributed by atoms with Crippen molar-refractivity contribution < 1.29 is 14.5 Å². The Morgan fingerprint density at radius 2 is 1.71 bits per heavy atom. The molecule has 1 heterocycles. The number of nitro groups is 1. The van der Waals surface area contributed by atoms with Gasteiger partial charge in [0.2, 0.25) is 0 Å². The second kappa shape index (κ2) is 6.47. The zero-order chi connectivity index (χ0) is 18.1. The average Bonchev–Trinajstić information content (AvgIpc) is 2.90. The van der Waals surface area contributed by atoms with E-state index < -0.39 is 16.6 Å². The largest absolute Gasteiger partial charge is 0.443 e. The van der Waals surface area contributed by atoms with E-state index in [9.17, 15) is 14.9 Å². The second-order valence-electron chi connectivity index (χ2n) is 6.92. The zero-order valence-corrected chi connectivity index (χ0v) is 14.6. The number of ether oxygens (including phenoxy) is 1. The molecule has 0 amide bonds. The van der Waals surface area contributed by atoms with E-state index in [1.807, 2.05) is 46.8 Å². The van der Waals surface area contributed by atoms with E-state index in [1.165, 1.54) is 16.7 Å². The Bertz CT molecular complexity index is 752. The molecule has 0 saturated heterocycles. The highest BCUT2D eigenvalue weighted by molar-refractivity contribution is 5.80. The van der Waals surface area contributed by atoms with Crippen molar-refractivity contribution in [1.82, 2.24) is 4.57 Å². The third kappa shape index (κ3) is 3.82. The molecule has 0 unspecified atom stereocenters. The molecule has 1 aromatic carbocycles. The Hall–Kier alpha value is -2.63. The van der Waals surface area contributed by atoms with Gasteiger partial charge in [-0.2, -0.15) is 0 Å². The molecule has 1 aromatic heterocycles. The molecule has 0 aliphatic heterocycles. The standard InChI is InChI=1S/C18H22N2O4/c1-12(2)15-10-11-16(19(15)17(21)24-18(3,4)5)13-6-8-14(9-7-13)20(22)23/h6-12H,1-5H3. The van der Waals surface area contributed by atoms with E-state index in [2.05, 4.69) is 0 Å². The Labute approximate surface area is 141 Å². The van der Waals surface area contributed by atoms with Crippen molar-refractivity contribution in [2.45, 2.75) is 46.1 Å². The lowest BCUT2D eigenvalue weighted by molar-refractivity contribution is -0.384.